The number of halogens is 1. The lowest BCUT2D eigenvalue weighted by Gasteiger charge is -2.08. The largest absolute Gasteiger partial charge is 0.508 e. The molecule has 2 aromatic rings. The van der Waals surface area contributed by atoms with Crippen molar-refractivity contribution in [3.8, 4) is 5.75 Å². The molecule has 0 aliphatic carbocycles. The summed E-state index contributed by atoms with van der Waals surface area (Å²) in [6, 6.07) is 6.23. The van der Waals surface area contributed by atoms with E-state index < -0.39 is 10.0 Å². The molecule has 0 fully saturated rings. The maximum Gasteiger partial charge on any atom is 0.272 e. The number of hydrogen-bond donors (Lipinski definition) is 2. The van der Waals surface area contributed by atoms with Crippen molar-refractivity contribution in [1.29, 1.82) is 0 Å². The molecular formula is C11H10BrNO3S2. The first-order valence-electron chi connectivity index (χ1n) is 4.95. The van der Waals surface area contributed by atoms with E-state index in [2.05, 4.69) is 20.7 Å². The van der Waals surface area contributed by atoms with Gasteiger partial charge in [-0.2, -0.15) is 0 Å². The van der Waals surface area contributed by atoms with E-state index >= 15 is 0 Å². The van der Waals surface area contributed by atoms with Crippen molar-refractivity contribution in [3.05, 3.63) is 39.7 Å². The molecule has 1 aromatic heterocycles. The molecule has 96 valence electrons. The number of sulfonamides is 1. The van der Waals surface area contributed by atoms with E-state index in [0.29, 0.717) is 15.7 Å². The molecule has 1 aromatic carbocycles. The van der Waals surface area contributed by atoms with Crippen molar-refractivity contribution in [2.45, 2.75) is 11.1 Å². The van der Waals surface area contributed by atoms with Gasteiger partial charge in [0.2, 0.25) is 0 Å². The van der Waals surface area contributed by atoms with Crippen LogP contribution in [0.5, 0.6) is 5.75 Å². The highest BCUT2D eigenvalue weighted by Crippen LogP contribution is 2.30. The third-order valence-corrected chi connectivity index (χ3v) is 6.33. The van der Waals surface area contributed by atoms with Gasteiger partial charge in [0, 0.05) is 10.2 Å². The van der Waals surface area contributed by atoms with E-state index in [9.17, 15) is 13.5 Å². The van der Waals surface area contributed by atoms with Gasteiger partial charge in [0.1, 0.15) is 5.75 Å². The highest BCUT2D eigenvalue weighted by atomic mass is 79.9. The van der Waals surface area contributed by atoms with Crippen LogP contribution in [0.2, 0.25) is 0 Å². The summed E-state index contributed by atoms with van der Waals surface area (Å²) in [7, 11) is -3.59. The number of anilines is 1. The van der Waals surface area contributed by atoms with Crippen molar-refractivity contribution in [2.24, 2.45) is 0 Å². The van der Waals surface area contributed by atoms with Gasteiger partial charge in [-0.1, -0.05) is 0 Å². The van der Waals surface area contributed by atoms with Crippen molar-refractivity contribution >= 4 is 43.0 Å². The first kappa shape index (κ1) is 13.4. The first-order chi connectivity index (χ1) is 8.40. The molecule has 2 N–H and O–H groups in total. The van der Waals surface area contributed by atoms with Crippen LogP contribution < -0.4 is 4.72 Å². The zero-order valence-corrected chi connectivity index (χ0v) is 12.6. The number of thiophene rings is 1. The third-order valence-electron chi connectivity index (χ3n) is 2.28. The number of phenolic OH excluding ortho intramolecular Hbond substituents is 1. The van der Waals surface area contributed by atoms with Crippen LogP contribution in [0.1, 0.15) is 5.56 Å². The Balaban J connectivity index is 2.34. The second kappa shape index (κ2) is 4.91. The van der Waals surface area contributed by atoms with Crippen LogP contribution in [0, 0.1) is 6.92 Å². The standard InChI is InChI=1S/C11H10BrNO3S2/c1-7-6-8(2-3-10(7)14)13-18(15,16)11-9(12)4-5-17-11/h2-6,13-14H,1H3. The predicted octanol–water partition coefficient (Wildman–Crippen LogP) is 3.33. The molecule has 4 nitrogen and oxygen atoms in total. The van der Waals surface area contributed by atoms with Gasteiger partial charge in [0.05, 0.1) is 0 Å². The van der Waals surface area contributed by atoms with E-state index in [1.54, 1.807) is 24.4 Å². The van der Waals surface area contributed by atoms with Crippen molar-refractivity contribution in [3.63, 3.8) is 0 Å². The average molecular weight is 348 g/mol. The minimum absolute atomic E-state index is 0.134. The van der Waals surface area contributed by atoms with Gasteiger partial charge in [-0.15, -0.1) is 11.3 Å². The lowest BCUT2D eigenvalue weighted by molar-refractivity contribution is 0.471. The summed E-state index contributed by atoms with van der Waals surface area (Å²) in [5, 5.41) is 11.1. The minimum Gasteiger partial charge on any atom is -0.508 e. The number of benzene rings is 1. The van der Waals surface area contributed by atoms with Crippen molar-refractivity contribution < 1.29 is 13.5 Å². The SMILES string of the molecule is Cc1cc(NS(=O)(=O)c2sccc2Br)ccc1O. The summed E-state index contributed by atoms with van der Waals surface area (Å²) in [6.45, 7) is 1.70. The Morgan fingerprint density at radius 2 is 2.06 bits per heavy atom. The molecule has 2 rings (SSSR count). The van der Waals surface area contributed by atoms with Gasteiger partial charge in [-0.3, -0.25) is 4.72 Å². The zero-order chi connectivity index (χ0) is 13.3. The minimum atomic E-state index is -3.59. The van der Waals surface area contributed by atoms with E-state index in [0.717, 1.165) is 11.3 Å². The van der Waals surface area contributed by atoms with E-state index in [-0.39, 0.29) is 9.96 Å². The summed E-state index contributed by atoms with van der Waals surface area (Å²) >= 11 is 4.33. The molecule has 0 bridgehead atoms. The van der Waals surface area contributed by atoms with Gasteiger partial charge in [-0.05, 0) is 58.1 Å². The molecule has 0 radical (unpaired) electrons. The normalized spacial score (nSPS) is 11.4. The van der Waals surface area contributed by atoms with Crippen LogP contribution in [-0.2, 0) is 10.0 Å². The van der Waals surface area contributed by atoms with Gasteiger partial charge < -0.3 is 5.11 Å². The zero-order valence-electron chi connectivity index (χ0n) is 9.34. The molecule has 0 spiro atoms. The van der Waals surface area contributed by atoms with Gasteiger partial charge in [0.25, 0.3) is 10.0 Å². The Morgan fingerprint density at radius 3 is 2.61 bits per heavy atom. The maximum absolute atomic E-state index is 12.1. The highest BCUT2D eigenvalue weighted by Gasteiger charge is 2.19. The summed E-state index contributed by atoms with van der Waals surface area (Å²) in [4.78, 5) is 0. The van der Waals surface area contributed by atoms with Gasteiger partial charge in [-0.25, -0.2) is 8.42 Å². The summed E-state index contributed by atoms with van der Waals surface area (Å²) in [5.74, 6) is 0.134. The molecule has 0 aliphatic heterocycles. The smallest absolute Gasteiger partial charge is 0.272 e. The molecule has 0 aliphatic rings. The lowest BCUT2D eigenvalue weighted by Crippen LogP contribution is -2.11. The Morgan fingerprint density at radius 1 is 1.33 bits per heavy atom. The molecule has 0 saturated carbocycles. The van der Waals surface area contributed by atoms with Gasteiger partial charge >= 0.3 is 0 Å². The predicted molar refractivity (Wildman–Crippen MR) is 75.7 cm³/mol. The van der Waals surface area contributed by atoms with E-state index in [4.69, 9.17) is 0 Å². The van der Waals surface area contributed by atoms with Crippen LogP contribution in [0.25, 0.3) is 0 Å². The topological polar surface area (TPSA) is 66.4 Å². The Kier molecular flexibility index (Phi) is 3.65. The van der Waals surface area contributed by atoms with Gasteiger partial charge in [0.15, 0.2) is 4.21 Å². The van der Waals surface area contributed by atoms with Crippen LogP contribution in [0.3, 0.4) is 0 Å². The number of rotatable bonds is 3. The fourth-order valence-electron chi connectivity index (χ4n) is 1.39. The van der Waals surface area contributed by atoms with Crippen molar-refractivity contribution in [1.82, 2.24) is 0 Å². The molecule has 0 saturated heterocycles. The van der Waals surface area contributed by atoms with Crippen LogP contribution in [-0.4, -0.2) is 13.5 Å². The molecule has 7 heteroatoms. The van der Waals surface area contributed by atoms with Crippen molar-refractivity contribution in [2.75, 3.05) is 4.72 Å². The number of nitrogens with one attached hydrogen (secondary N) is 1. The monoisotopic (exact) mass is 347 g/mol. The second-order valence-corrected chi connectivity index (χ2v) is 7.31. The maximum atomic E-state index is 12.1. The Bertz CT molecular complexity index is 679. The van der Waals surface area contributed by atoms with Crippen LogP contribution in [0.15, 0.2) is 38.3 Å². The fourth-order valence-corrected chi connectivity index (χ4v) is 4.78. The highest BCUT2D eigenvalue weighted by molar-refractivity contribution is 9.10. The van der Waals surface area contributed by atoms with E-state index in [1.807, 2.05) is 0 Å². The molecular weight excluding hydrogens is 338 g/mol. The van der Waals surface area contributed by atoms with Crippen LogP contribution >= 0.6 is 27.3 Å². The quantitative estimate of drug-likeness (QED) is 0.837. The number of aryl methyl sites for hydroxylation is 1. The third kappa shape index (κ3) is 2.68. The number of aromatic hydroxyl groups is 1. The molecule has 1 heterocycles. The molecule has 0 atom stereocenters. The van der Waals surface area contributed by atoms with E-state index in [1.165, 1.54) is 12.1 Å². The Labute approximate surface area is 117 Å². The Hall–Kier alpha value is -1.05. The average Bonchev–Trinajstić information content (AvgIpc) is 2.70. The summed E-state index contributed by atoms with van der Waals surface area (Å²) in [5.41, 5.74) is 1.03. The number of hydrogen-bond acceptors (Lipinski definition) is 4. The molecule has 18 heavy (non-hydrogen) atoms. The lowest BCUT2D eigenvalue weighted by atomic mass is 10.2. The summed E-state index contributed by atoms with van der Waals surface area (Å²) < 4.78 is 27.4. The number of phenols is 1. The fraction of sp³-hybridized carbons (Fsp3) is 0.0909. The summed E-state index contributed by atoms with van der Waals surface area (Å²) in [6.07, 6.45) is 0. The molecule has 0 unspecified atom stereocenters. The first-order valence-corrected chi connectivity index (χ1v) is 8.11. The molecule has 0 amide bonds. The second-order valence-electron chi connectivity index (χ2n) is 3.66. The van der Waals surface area contributed by atoms with Crippen LogP contribution in [0.4, 0.5) is 5.69 Å².